The molecule has 1 aliphatic rings. The van der Waals surface area contributed by atoms with E-state index in [-0.39, 0.29) is 11.3 Å². The molecule has 0 spiro atoms. The van der Waals surface area contributed by atoms with Crippen LogP contribution >= 0.6 is 15.9 Å². The second kappa shape index (κ2) is 3.53. The molecule has 0 radical (unpaired) electrons. The minimum absolute atomic E-state index is 0.0452. The van der Waals surface area contributed by atoms with Gasteiger partial charge in [-0.15, -0.1) is 0 Å². The molecular formula is C12H12BrNO. The molecule has 15 heavy (non-hydrogen) atoms. The number of methoxy groups -OCH3 is 1. The summed E-state index contributed by atoms with van der Waals surface area (Å²) in [5.41, 5.74) is 1.26. The van der Waals surface area contributed by atoms with Crippen LogP contribution in [0.15, 0.2) is 22.7 Å². The van der Waals surface area contributed by atoms with Gasteiger partial charge in [0.2, 0.25) is 0 Å². The van der Waals surface area contributed by atoms with Crippen molar-refractivity contribution in [2.75, 3.05) is 7.11 Å². The number of nitrogens with zero attached hydrogens (tertiary/aromatic N) is 1. The van der Waals surface area contributed by atoms with Gasteiger partial charge in [0.1, 0.15) is 5.75 Å². The number of rotatable bonds is 2. The Labute approximate surface area is 98.0 Å². The van der Waals surface area contributed by atoms with Gasteiger partial charge in [-0.1, -0.05) is 13.0 Å². The summed E-state index contributed by atoms with van der Waals surface area (Å²) in [6.07, 6.45) is 0.961. The first-order valence-corrected chi connectivity index (χ1v) is 5.65. The fourth-order valence-electron chi connectivity index (χ4n) is 1.89. The molecule has 1 saturated carbocycles. The second-order valence-corrected chi connectivity index (χ2v) is 5.01. The topological polar surface area (TPSA) is 33.0 Å². The van der Waals surface area contributed by atoms with Crippen molar-refractivity contribution in [2.45, 2.75) is 18.8 Å². The van der Waals surface area contributed by atoms with E-state index in [0.29, 0.717) is 0 Å². The summed E-state index contributed by atoms with van der Waals surface area (Å²) >= 11 is 3.46. The van der Waals surface area contributed by atoms with Crippen molar-refractivity contribution in [2.24, 2.45) is 5.92 Å². The van der Waals surface area contributed by atoms with Gasteiger partial charge in [-0.3, -0.25) is 0 Å². The Balaban J connectivity index is 2.33. The average molecular weight is 266 g/mol. The number of hydrogen-bond donors (Lipinski definition) is 0. The smallest absolute Gasteiger partial charge is 0.133 e. The summed E-state index contributed by atoms with van der Waals surface area (Å²) in [7, 11) is 1.65. The predicted octanol–water partition coefficient (Wildman–Crippen LogP) is 3.26. The molecule has 0 amide bonds. The fraction of sp³-hybridized carbons (Fsp3) is 0.417. The van der Waals surface area contributed by atoms with Crippen LogP contribution in [0.2, 0.25) is 0 Å². The lowest BCUT2D eigenvalue weighted by molar-refractivity contribution is 0.412. The lowest BCUT2D eigenvalue weighted by atomic mass is 9.96. The molecule has 0 aliphatic heterocycles. The van der Waals surface area contributed by atoms with Gasteiger partial charge in [-0.05, 0) is 40.0 Å². The van der Waals surface area contributed by atoms with Crippen molar-refractivity contribution in [3.05, 3.63) is 28.2 Å². The highest BCUT2D eigenvalue weighted by Gasteiger charge is 2.51. The van der Waals surface area contributed by atoms with E-state index < -0.39 is 0 Å². The first-order valence-electron chi connectivity index (χ1n) is 4.85. The molecule has 2 rings (SSSR count). The van der Waals surface area contributed by atoms with Gasteiger partial charge in [0, 0.05) is 5.41 Å². The van der Waals surface area contributed by atoms with Crippen LogP contribution in [0.3, 0.4) is 0 Å². The van der Waals surface area contributed by atoms with Crippen LogP contribution in [-0.4, -0.2) is 7.11 Å². The normalized spacial score (nSPS) is 28.3. The zero-order valence-corrected chi connectivity index (χ0v) is 10.3. The van der Waals surface area contributed by atoms with Crippen molar-refractivity contribution in [1.82, 2.24) is 0 Å². The maximum Gasteiger partial charge on any atom is 0.133 e. The molecule has 2 unspecified atom stereocenters. The predicted molar refractivity (Wildman–Crippen MR) is 61.8 cm³/mol. The average Bonchev–Trinajstić information content (AvgIpc) is 2.91. The Bertz CT molecular complexity index is 438. The van der Waals surface area contributed by atoms with E-state index in [4.69, 9.17) is 10.00 Å². The highest BCUT2D eigenvalue weighted by atomic mass is 79.9. The van der Waals surface area contributed by atoms with E-state index in [1.807, 2.05) is 12.1 Å². The van der Waals surface area contributed by atoms with Gasteiger partial charge in [0.15, 0.2) is 0 Å². The highest BCUT2D eigenvalue weighted by molar-refractivity contribution is 9.10. The van der Waals surface area contributed by atoms with Crippen molar-refractivity contribution in [3.63, 3.8) is 0 Å². The van der Waals surface area contributed by atoms with E-state index in [0.717, 1.165) is 16.6 Å². The van der Waals surface area contributed by atoms with Crippen LogP contribution in [0.5, 0.6) is 5.75 Å². The quantitative estimate of drug-likeness (QED) is 0.823. The van der Waals surface area contributed by atoms with E-state index >= 15 is 0 Å². The van der Waals surface area contributed by atoms with Crippen molar-refractivity contribution in [3.8, 4) is 11.8 Å². The first-order chi connectivity index (χ1) is 7.11. The third kappa shape index (κ3) is 1.63. The monoisotopic (exact) mass is 265 g/mol. The number of halogens is 1. The Kier molecular flexibility index (Phi) is 2.47. The molecule has 2 atom stereocenters. The van der Waals surface area contributed by atoms with Crippen molar-refractivity contribution in [1.29, 1.82) is 5.26 Å². The van der Waals surface area contributed by atoms with Crippen LogP contribution in [0.25, 0.3) is 0 Å². The van der Waals surface area contributed by atoms with Gasteiger partial charge in [-0.2, -0.15) is 5.26 Å². The lowest BCUT2D eigenvalue weighted by Gasteiger charge is -2.11. The third-order valence-corrected chi connectivity index (χ3v) is 3.82. The Morgan fingerprint density at radius 1 is 1.60 bits per heavy atom. The van der Waals surface area contributed by atoms with Gasteiger partial charge < -0.3 is 4.74 Å². The van der Waals surface area contributed by atoms with Crippen LogP contribution in [-0.2, 0) is 5.41 Å². The van der Waals surface area contributed by atoms with Gasteiger partial charge >= 0.3 is 0 Å². The standard InChI is InChI=1S/C12H12BrNO/c1-12(6-9(12)7-14)8-3-4-11(15-2)10(13)5-8/h3-5,9H,6H2,1-2H3. The van der Waals surface area contributed by atoms with E-state index in [1.54, 1.807) is 7.11 Å². The van der Waals surface area contributed by atoms with Crippen LogP contribution in [0, 0.1) is 17.2 Å². The molecule has 1 aliphatic carbocycles. The summed E-state index contributed by atoms with van der Waals surface area (Å²) in [6.45, 7) is 2.13. The molecule has 0 bridgehead atoms. The van der Waals surface area contributed by atoms with E-state index in [1.165, 1.54) is 5.56 Å². The molecular weight excluding hydrogens is 254 g/mol. The van der Waals surface area contributed by atoms with Gasteiger partial charge in [-0.25, -0.2) is 0 Å². The minimum Gasteiger partial charge on any atom is -0.496 e. The van der Waals surface area contributed by atoms with Crippen LogP contribution < -0.4 is 4.74 Å². The first kappa shape index (κ1) is 10.5. The molecule has 0 saturated heterocycles. The number of ether oxygens (including phenoxy) is 1. The third-order valence-electron chi connectivity index (χ3n) is 3.20. The fourth-order valence-corrected chi connectivity index (χ4v) is 2.43. The molecule has 3 heteroatoms. The Hall–Kier alpha value is -1.01. The summed E-state index contributed by atoms with van der Waals surface area (Å²) in [6, 6.07) is 8.37. The number of benzene rings is 1. The summed E-state index contributed by atoms with van der Waals surface area (Å²) in [5, 5.41) is 8.89. The zero-order chi connectivity index (χ0) is 11.1. The van der Waals surface area contributed by atoms with Gasteiger partial charge in [0.05, 0.1) is 23.6 Å². The summed E-state index contributed by atoms with van der Waals surface area (Å²) in [5.74, 6) is 0.995. The molecule has 0 heterocycles. The van der Waals surface area contributed by atoms with Crippen molar-refractivity contribution >= 4 is 15.9 Å². The van der Waals surface area contributed by atoms with E-state index in [2.05, 4.69) is 35.0 Å². The minimum atomic E-state index is 0.0452. The molecule has 1 aromatic rings. The Morgan fingerprint density at radius 3 is 2.80 bits per heavy atom. The Morgan fingerprint density at radius 2 is 2.33 bits per heavy atom. The van der Waals surface area contributed by atoms with Crippen molar-refractivity contribution < 1.29 is 4.74 Å². The SMILES string of the molecule is COc1ccc(C2(C)CC2C#N)cc1Br. The molecule has 1 fully saturated rings. The molecule has 0 N–H and O–H groups in total. The second-order valence-electron chi connectivity index (χ2n) is 4.15. The zero-order valence-electron chi connectivity index (χ0n) is 8.75. The summed E-state index contributed by atoms with van der Waals surface area (Å²) in [4.78, 5) is 0. The molecule has 0 aromatic heterocycles. The lowest BCUT2D eigenvalue weighted by Crippen LogP contribution is -2.03. The molecule has 2 nitrogen and oxygen atoms in total. The molecule has 1 aromatic carbocycles. The highest BCUT2D eigenvalue weighted by Crippen LogP contribution is 2.54. The summed E-state index contributed by atoms with van der Waals surface area (Å²) < 4.78 is 6.13. The largest absolute Gasteiger partial charge is 0.496 e. The maximum atomic E-state index is 8.89. The molecule has 78 valence electrons. The van der Waals surface area contributed by atoms with Gasteiger partial charge in [0.25, 0.3) is 0 Å². The number of hydrogen-bond acceptors (Lipinski definition) is 2. The van der Waals surface area contributed by atoms with Crippen LogP contribution in [0.1, 0.15) is 18.9 Å². The van der Waals surface area contributed by atoms with E-state index in [9.17, 15) is 0 Å². The van der Waals surface area contributed by atoms with Crippen LogP contribution in [0.4, 0.5) is 0 Å². The number of nitriles is 1. The maximum absolute atomic E-state index is 8.89.